The lowest BCUT2D eigenvalue weighted by atomic mass is 10.2. The van der Waals surface area contributed by atoms with Crippen LogP contribution in [0.2, 0.25) is 0 Å². The molecular formula is C5H8F5N. The van der Waals surface area contributed by atoms with Gasteiger partial charge in [0, 0.05) is 0 Å². The molecule has 0 aromatic carbocycles. The minimum atomic E-state index is -5.12. The fourth-order valence-electron chi connectivity index (χ4n) is 0.511. The summed E-state index contributed by atoms with van der Waals surface area (Å²) in [6, 6.07) is 0. The molecule has 2 unspecified atom stereocenters. The maximum Gasteiger partial charge on any atom is 0.422 e. The van der Waals surface area contributed by atoms with Crippen molar-refractivity contribution < 1.29 is 22.0 Å². The van der Waals surface area contributed by atoms with Gasteiger partial charge in [0.1, 0.15) is 6.17 Å². The molecule has 0 bridgehead atoms. The topological polar surface area (TPSA) is 26.0 Å². The number of alkyl halides is 5. The third-order valence-electron chi connectivity index (χ3n) is 1.07. The maximum atomic E-state index is 12.1. The Kier molecular flexibility index (Phi) is 3.71. The summed E-state index contributed by atoms with van der Waals surface area (Å²) >= 11 is 0. The third kappa shape index (κ3) is 3.50. The van der Waals surface area contributed by atoms with Crippen LogP contribution in [0.5, 0.6) is 0 Å². The second kappa shape index (κ2) is 3.85. The Balaban J connectivity index is 3.91. The van der Waals surface area contributed by atoms with Crippen molar-refractivity contribution >= 4 is 0 Å². The highest BCUT2D eigenvalue weighted by Crippen LogP contribution is 2.27. The van der Waals surface area contributed by atoms with Gasteiger partial charge in [0.05, 0.1) is 0 Å². The zero-order chi connectivity index (χ0) is 9.07. The lowest BCUT2D eigenvalue weighted by molar-refractivity contribution is -0.196. The molecule has 0 aliphatic heterocycles. The van der Waals surface area contributed by atoms with Crippen LogP contribution in [-0.2, 0) is 0 Å². The van der Waals surface area contributed by atoms with Gasteiger partial charge in [0.2, 0.25) is 6.17 Å². The quantitative estimate of drug-likeness (QED) is 0.650. The molecule has 0 heterocycles. The van der Waals surface area contributed by atoms with E-state index in [0.717, 1.165) is 0 Å². The first-order chi connectivity index (χ1) is 4.89. The average Bonchev–Trinajstić information content (AvgIpc) is 1.85. The highest BCUT2D eigenvalue weighted by atomic mass is 19.4. The largest absolute Gasteiger partial charge is 0.422 e. The fourth-order valence-corrected chi connectivity index (χ4v) is 0.511. The van der Waals surface area contributed by atoms with E-state index in [1.165, 1.54) is 0 Å². The molecule has 0 saturated heterocycles. The molecule has 0 rings (SSSR count). The highest BCUT2D eigenvalue weighted by molar-refractivity contribution is 4.75. The number of nitrogens with two attached hydrogens (primary N) is 1. The van der Waals surface area contributed by atoms with E-state index in [1.807, 2.05) is 0 Å². The number of halogens is 5. The van der Waals surface area contributed by atoms with Gasteiger partial charge in [-0.1, -0.05) is 0 Å². The Bertz CT molecular complexity index is 112. The van der Waals surface area contributed by atoms with Gasteiger partial charge in [-0.15, -0.1) is 0 Å². The monoisotopic (exact) mass is 177 g/mol. The van der Waals surface area contributed by atoms with Crippen LogP contribution in [0.15, 0.2) is 0 Å². The van der Waals surface area contributed by atoms with Gasteiger partial charge < -0.3 is 5.73 Å². The summed E-state index contributed by atoms with van der Waals surface area (Å²) in [6.45, 7) is -0.294. The third-order valence-corrected chi connectivity index (χ3v) is 1.07. The lowest BCUT2D eigenvalue weighted by Crippen LogP contribution is -2.34. The zero-order valence-electron chi connectivity index (χ0n) is 5.54. The molecule has 0 amide bonds. The van der Waals surface area contributed by atoms with E-state index in [2.05, 4.69) is 0 Å². The van der Waals surface area contributed by atoms with E-state index in [0.29, 0.717) is 0 Å². The van der Waals surface area contributed by atoms with Gasteiger partial charge in [-0.2, -0.15) is 13.2 Å². The first-order valence-corrected chi connectivity index (χ1v) is 2.94. The van der Waals surface area contributed by atoms with Crippen LogP contribution in [0.25, 0.3) is 0 Å². The van der Waals surface area contributed by atoms with E-state index in [-0.39, 0.29) is 6.54 Å². The molecule has 2 N–H and O–H groups in total. The smallest absolute Gasteiger partial charge is 0.330 e. The zero-order valence-corrected chi connectivity index (χ0v) is 5.54. The van der Waals surface area contributed by atoms with Crippen LogP contribution in [0.4, 0.5) is 22.0 Å². The Labute approximate surface area is 60.4 Å². The Morgan fingerprint density at radius 1 is 1.18 bits per heavy atom. The molecule has 0 spiro atoms. The molecule has 0 radical (unpaired) electrons. The van der Waals surface area contributed by atoms with E-state index in [1.54, 1.807) is 0 Å². The summed E-state index contributed by atoms with van der Waals surface area (Å²) in [5, 5.41) is 0. The molecule has 0 aliphatic rings. The average molecular weight is 177 g/mol. The standard InChI is InChI=1S/C5H8F5N/c6-3(1-2-11)4(7)5(8,9)10/h3-4H,1-2,11H2. The van der Waals surface area contributed by atoms with Crippen molar-refractivity contribution in [2.45, 2.75) is 24.9 Å². The normalized spacial score (nSPS) is 18.0. The van der Waals surface area contributed by atoms with Crippen LogP contribution in [0.1, 0.15) is 6.42 Å². The Morgan fingerprint density at radius 3 is 1.91 bits per heavy atom. The predicted molar refractivity (Wildman–Crippen MR) is 29.5 cm³/mol. The van der Waals surface area contributed by atoms with Gasteiger partial charge in [-0.3, -0.25) is 0 Å². The van der Waals surface area contributed by atoms with Crippen molar-refractivity contribution in [3.05, 3.63) is 0 Å². The lowest BCUT2D eigenvalue weighted by Gasteiger charge is -2.15. The molecule has 0 fully saturated rings. The fraction of sp³-hybridized carbons (Fsp3) is 1.00. The second-order valence-corrected chi connectivity index (χ2v) is 2.04. The number of hydrogen-bond acceptors (Lipinski definition) is 1. The molecule has 6 heteroatoms. The Hall–Kier alpha value is -0.390. The van der Waals surface area contributed by atoms with Crippen molar-refractivity contribution in [2.75, 3.05) is 6.54 Å². The van der Waals surface area contributed by atoms with Crippen LogP contribution >= 0.6 is 0 Å². The minimum Gasteiger partial charge on any atom is -0.330 e. The van der Waals surface area contributed by atoms with Gasteiger partial charge in [-0.25, -0.2) is 8.78 Å². The molecular weight excluding hydrogens is 169 g/mol. The number of hydrogen-bond donors (Lipinski definition) is 1. The van der Waals surface area contributed by atoms with Crippen molar-refractivity contribution in [2.24, 2.45) is 5.73 Å². The van der Waals surface area contributed by atoms with Gasteiger partial charge in [-0.05, 0) is 13.0 Å². The predicted octanol–water partition coefficient (Wildman–Crippen LogP) is 1.57. The Morgan fingerprint density at radius 2 is 1.64 bits per heavy atom. The van der Waals surface area contributed by atoms with E-state index in [4.69, 9.17) is 5.73 Å². The SMILES string of the molecule is NCCC(F)C(F)C(F)(F)F. The van der Waals surface area contributed by atoms with Crippen molar-refractivity contribution in [3.8, 4) is 0 Å². The van der Waals surface area contributed by atoms with Gasteiger partial charge >= 0.3 is 6.18 Å². The van der Waals surface area contributed by atoms with Crippen molar-refractivity contribution in [1.82, 2.24) is 0 Å². The molecule has 2 atom stereocenters. The summed E-state index contributed by atoms with van der Waals surface area (Å²) in [5.74, 6) is 0. The molecule has 11 heavy (non-hydrogen) atoms. The first kappa shape index (κ1) is 10.6. The van der Waals surface area contributed by atoms with Crippen LogP contribution < -0.4 is 5.73 Å². The minimum absolute atomic E-state index is 0.294. The summed E-state index contributed by atoms with van der Waals surface area (Å²) in [6.07, 6.45) is -11.7. The van der Waals surface area contributed by atoms with Gasteiger partial charge in [0.25, 0.3) is 0 Å². The molecule has 0 aliphatic carbocycles. The summed E-state index contributed by atoms with van der Waals surface area (Å²) in [4.78, 5) is 0. The maximum absolute atomic E-state index is 12.1. The van der Waals surface area contributed by atoms with Crippen molar-refractivity contribution in [3.63, 3.8) is 0 Å². The molecule has 68 valence electrons. The highest BCUT2D eigenvalue weighted by Gasteiger charge is 2.45. The van der Waals surface area contributed by atoms with E-state index in [9.17, 15) is 22.0 Å². The van der Waals surface area contributed by atoms with Gasteiger partial charge in [0.15, 0.2) is 0 Å². The molecule has 1 nitrogen and oxygen atoms in total. The van der Waals surface area contributed by atoms with E-state index < -0.39 is 24.9 Å². The summed E-state index contributed by atoms with van der Waals surface area (Å²) < 4.78 is 58.2. The van der Waals surface area contributed by atoms with Crippen molar-refractivity contribution in [1.29, 1.82) is 0 Å². The molecule has 0 aromatic heterocycles. The molecule has 0 saturated carbocycles. The number of rotatable bonds is 3. The molecule has 0 aromatic rings. The second-order valence-electron chi connectivity index (χ2n) is 2.04. The van der Waals surface area contributed by atoms with E-state index >= 15 is 0 Å². The summed E-state index contributed by atoms with van der Waals surface area (Å²) in [7, 11) is 0. The summed E-state index contributed by atoms with van der Waals surface area (Å²) in [5.41, 5.74) is 4.74. The first-order valence-electron chi connectivity index (χ1n) is 2.94. The van der Waals surface area contributed by atoms with Crippen LogP contribution in [0, 0.1) is 0 Å². The van der Waals surface area contributed by atoms with Crippen LogP contribution in [0.3, 0.4) is 0 Å². The van der Waals surface area contributed by atoms with Crippen LogP contribution in [-0.4, -0.2) is 25.1 Å².